The maximum atomic E-state index is 5.83. The molecule has 2 heterocycles. The zero-order chi connectivity index (χ0) is 13.7. The van der Waals surface area contributed by atoms with E-state index < -0.39 is 0 Å². The van der Waals surface area contributed by atoms with E-state index in [0.29, 0.717) is 12.1 Å². The van der Waals surface area contributed by atoms with E-state index in [1.807, 2.05) is 0 Å². The molecule has 0 bridgehead atoms. The van der Waals surface area contributed by atoms with Crippen molar-refractivity contribution in [1.29, 1.82) is 0 Å². The molecule has 2 rings (SSSR count). The van der Waals surface area contributed by atoms with Crippen molar-refractivity contribution in [2.75, 3.05) is 19.7 Å². The van der Waals surface area contributed by atoms with Crippen LogP contribution in [0.1, 0.15) is 58.8 Å². The predicted octanol–water partition coefficient (Wildman–Crippen LogP) is 2.04. The van der Waals surface area contributed by atoms with Gasteiger partial charge in [-0.15, -0.1) is 0 Å². The standard InChI is InChI=1S/C15H31N3O/c1-15(2,18-10-4-3-5-11-18)14(17-16)9-8-13-7-6-12-19-13/h13-14,17H,3-12,16H2,1-2H3. The third kappa shape index (κ3) is 3.91. The van der Waals surface area contributed by atoms with Gasteiger partial charge < -0.3 is 4.74 Å². The Labute approximate surface area is 118 Å². The molecule has 0 aromatic rings. The Morgan fingerprint density at radius 2 is 2.00 bits per heavy atom. The lowest BCUT2D eigenvalue weighted by Crippen LogP contribution is -2.60. The number of hydrazine groups is 1. The van der Waals surface area contributed by atoms with Gasteiger partial charge in [0.25, 0.3) is 0 Å². The highest BCUT2D eigenvalue weighted by atomic mass is 16.5. The van der Waals surface area contributed by atoms with Crippen LogP contribution < -0.4 is 11.3 Å². The van der Waals surface area contributed by atoms with Gasteiger partial charge in [0.2, 0.25) is 0 Å². The summed E-state index contributed by atoms with van der Waals surface area (Å²) >= 11 is 0. The smallest absolute Gasteiger partial charge is 0.0576 e. The highest BCUT2D eigenvalue weighted by molar-refractivity contribution is 4.94. The van der Waals surface area contributed by atoms with Crippen LogP contribution in [0.3, 0.4) is 0 Å². The monoisotopic (exact) mass is 269 g/mol. The summed E-state index contributed by atoms with van der Waals surface area (Å²) in [6, 6.07) is 0.342. The number of ether oxygens (including phenoxy) is 1. The van der Waals surface area contributed by atoms with Gasteiger partial charge >= 0.3 is 0 Å². The first-order chi connectivity index (χ1) is 9.14. The molecule has 0 amide bonds. The second-order valence-corrected chi connectivity index (χ2v) is 6.63. The largest absolute Gasteiger partial charge is 0.378 e. The summed E-state index contributed by atoms with van der Waals surface area (Å²) in [5.41, 5.74) is 3.20. The topological polar surface area (TPSA) is 50.5 Å². The van der Waals surface area contributed by atoms with Crippen molar-refractivity contribution in [3.63, 3.8) is 0 Å². The SMILES string of the molecule is CC(C)(C(CCC1CCCO1)NN)N1CCCCC1. The van der Waals surface area contributed by atoms with Crippen molar-refractivity contribution < 1.29 is 4.74 Å². The van der Waals surface area contributed by atoms with E-state index in [0.717, 1.165) is 19.4 Å². The van der Waals surface area contributed by atoms with E-state index in [1.165, 1.54) is 45.2 Å². The van der Waals surface area contributed by atoms with Crippen molar-refractivity contribution in [2.24, 2.45) is 5.84 Å². The van der Waals surface area contributed by atoms with Crippen LogP contribution in [0.4, 0.5) is 0 Å². The fourth-order valence-corrected chi connectivity index (χ4v) is 3.56. The second kappa shape index (κ2) is 7.02. The van der Waals surface area contributed by atoms with E-state index >= 15 is 0 Å². The second-order valence-electron chi connectivity index (χ2n) is 6.63. The Morgan fingerprint density at radius 1 is 1.26 bits per heavy atom. The summed E-state index contributed by atoms with van der Waals surface area (Å²) in [6.07, 6.45) is 9.18. The Kier molecular flexibility index (Phi) is 5.63. The quantitative estimate of drug-likeness (QED) is 0.572. The Morgan fingerprint density at radius 3 is 2.58 bits per heavy atom. The lowest BCUT2D eigenvalue weighted by atomic mass is 9.87. The van der Waals surface area contributed by atoms with Crippen molar-refractivity contribution in [1.82, 2.24) is 10.3 Å². The molecule has 19 heavy (non-hydrogen) atoms. The molecule has 0 radical (unpaired) electrons. The van der Waals surface area contributed by atoms with Crippen molar-refractivity contribution >= 4 is 0 Å². The Bertz CT molecular complexity index is 258. The fraction of sp³-hybridized carbons (Fsp3) is 1.00. The normalized spacial score (nSPS) is 27.6. The van der Waals surface area contributed by atoms with Gasteiger partial charge in [0, 0.05) is 18.2 Å². The van der Waals surface area contributed by atoms with Gasteiger partial charge in [-0.2, -0.15) is 0 Å². The van der Waals surface area contributed by atoms with Gasteiger partial charge in [0.15, 0.2) is 0 Å². The minimum Gasteiger partial charge on any atom is -0.378 e. The maximum Gasteiger partial charge on any atom is 0.0576 e. The van der Waals surface area contributed by atoms with E-state index in [2.05, 4.69) is 24.2 Å². The van der Waals surface area contributed by atoms with Crippen molar-refractivity contribution in [3.05, 3.63) is 0 Å². The van der Waals surface area contributed by atoms with Crippen molar-refractivity contribution in [3.8, 4) is 0 Å². The van der Waals surface area contributed by atoms with Crippen LogP contribution in [-0.4, -0.2) is 42.3 Å². The van der Waals surface area contributed by atoms with E-state index in [9.17, 15) is 0 Å². The molecule has 0 aromatic carbocycles. The molecule has 4 nitrogen and oxygen atoms in total. The zero-order valence-electron chi connectivity index (χ0n) is 12.7. The highest BCUT2D eigenvalue weighted by Crippen LogP contribution is 2.27. The number of nitrogens with zero attached hydrogens (tertiary/aromatic N) is 1. The molecule has 0 saturated carbocycles. The third-order valence-corrected chi connectivity index (χ3v) is 5.03. The average molecular weight is 269 g/mol. The average Bonchev–Trinajstić information content (AvgIpc) is 2.93. The van der Waals surface area contributed by atoms with Crippen LogP contribution in [0.2, 0.25) is 0 Å². The number of likely N-dealkylation sites (tertiary alicyclic amines) is 1. The van der Waals surface area contributed by atoms with E-state index in [-0.39, 0.29) is 5.54 Å². The van der Waals surface area contributed by atoms with Crippen LogP contribution in [0.5, 0.6) is 0 Å². The summed E-state index contributed by atoms with van der Waals surface area (Å²) in [5, 5.41) is 0. The van der Waals surface area contributed by atoms with Gasteiger partial charge in [-0.25, -0.2) is 0 Å². The molecular weight excluding hydrogens is 238 g/mol. The molecule has 3 N–H and O–H groups in total. The number of rotatable bonds is 6. The first kappa shape index (κ1) is 15.2. The van der Waals surface area contributed by atoms with Crippen LogP contribution in [-0.2, 0) is 4.74 Å². The number of hydrogen-bond donors (Lipinski definition) is 2. The van der Waals surface area contributed by atoms with Gasteiger partial charge in [-0.3, -0.25) is 16.2 Å². The summed E-state index contributed by atoms with van der Waals surface area (Å²) in [7, 11) is 0. The van der Waals surface area contributed by atoms with Crippen molar-refractivity contribution in [2.45, 2.75) is 76.5 Å². The molecule has 0 aromatic heterocycles. The molecule has 4 heteroatoms. The molecule has 2 aliphatic rings. The molecule has 2 fully saturated rings. The molecule has 2 saturated heterocycles. The number of hydrogen-bond acceptors (Lipinski definition) is 4. The van der Waals surface area contributed by atoms with Crippen LogP contribution >= 0.6 is 0 Å². The maximum absolute atomic E-state index is 5.83. The summed E-state index contributed by atoms with van der Waals surface area (Å²) in [5.74, 6) is 5.83. The van der Waals surface area contributed by atoms with E-state index in [1.54, 1.807) is 0 Å². The van der Waals surface area contributed by atoms with Gasteiger partial charge in [-0.05, 0) is 65.5 Å². The van der Waals surface area contributed by atoms with Crippen LogP contribution in [0.15, 0.2) is 0 Å². The van der Waals surface area contributed by atoms with Crippen LogP contribution in [0.25, 0.3) is 0 Å². The molecule has 112 valence electrons. The van der Waals surface area contributed by atoms with Gasteiger partial charge in [0.05, 0.1) is 6.10 Å². The third-order valence-electron chi connectivity index (χ3n) is 5.03. The highest BCUT2D eigenvalue weighted by Gasteiger charge is 2.35. The predicted molar refractivity (Wildman–Crippen MR) is 78.8 cm³/mol. The molecular formula is C15H31N3O. The van der Waals surface area contributed by atoms with Gasteiger partial charge in [-0.1, -0.05) is 6.42 Å². The fourth-order valence-electron chi connectivity index (χ4n) is 3.56. The Balaban J connectivity index is 1.86. The summed E-state index contributed by atoms with van der Waals surface area (Å²) < 4.78 is 5.72. The van der Waals surface area contributed by atoms with Gasteiger partial charge in [0.1, 0.15) is 0 Å². The minimum absolute atomic E-state index is 0.133. The molecule has 2 aliphatic heterocycles. The number of piperidine rings is 1. The first-order valence-corrected chi connectivity index (χ1v) is 7.97. The summed E-state index contributed by atoms with van der Waals surface area (Å²) in [6.45, 7) is 8.04. The zero-order valence-corrected chi connectivity index (χ0v) is 12.7. The lowest BCUT2D eigenvalue weighted by Gasteiger charge is -2.46. The minimum atomic E-state index is 0.133. The number of nitrogens with two attached hydrogens (primary N) is 1. The molecule has 0 aliphatic carbocycles. The molecule has 2 atom stereocenters. The number of nitrogens with one attached hydrogen (secondary N) is 1. The lowest BCUT2D eigenvalue weighted by molar-refractivity contribution is 0.0466. The Hall–Kier alpha value is -0.160. The molecule has 0 spiro atoms. The first-order valence-electron chi connectivity index (χ1n) is 7.97. The molecule has 2 unspecified atom stereocenters. The summed E-state index contributed by atoms with van der Waals surface area (Å²) in [4.78, 5) is 2.61. The van der Waals surface area contributed by atoms with Crippen LogP contribution in [0, 0.1) is 0 Å². The van der Waals surface area contributed by atoms with E-state index in [4.69, 9.17) is 10.6 Å².